The molecule has 2 N–H and O–H groups in total. The maximum absolute atomic E-state index is 13.0. The standard InChI is InChI=1S/C16H17F3N4O3/c1-2-23-13-5-10(4-3-9(13)6-20-23)21-15(26)22-7-11(14(24)25)12(8-22)16(17,18)19/h3-6,11-12H,2,7-8H2,1H3,(H,21,26)(H,24,25)/t11-,12-/m1/s1. The van der Waals surface area contributed by atoms with Gasteiger partial charge in [0, 0.05) is 30.7 Å². The van der Waals surface area contributed by atoms with Gasteiger partial charge in [0.15, 0.2) is 0 Å². The Morgan fingerprint density at radius 2 is 2.08 bits per heavy atom. The van der Waals surface area contributed by atoms with E-state index in [1.807, 2.05) is 6.92 Å². The molecule has 0 spiro atoms. The monoisotopic (exact) mass is 370 g/mol. The smallest absolute Gasteiger partial charge is 0.394 e. The summed E-state index contributed by atoms with van der Waals surface area (Å²) in [7, 11) is 0. The van der Waals surface area contributed by atoms with Crippen LogP contribution in [0.15, 0.2) is 24.4 Å². The van der Waals surface area contributed by atoms with Gasteiger partial charge in [-0.3, -0.25) is 9.48 Å². The highest BCUT2D eigenvalue weighted by molar-refractivity contribution is 5.93. The van der Waals surface area contributed by atoms with Crippen molar-refractivity contribution in [2.45, 2.75) is 19.6 Å². The number of fused-ring (bicyclic) bond motifs is 1. The molecule has 0 unspecified atom stereocenters. The Balaban J connectivity index is 1.77. The Morgan fingerprint density at radius 1 is 1.35 bits per heavy atom. The molecule has 0 bridgehead atoms. The predicted molar refractivity (Wildman–Crippen MR) is 86.7 cm³/mol. The van der Waals surface area contributed by atoms with Crippen LogP contribution in [0.1, 0.15) is 6.92 Å². The summed E-state index contributed by atoms with van der Waals surface area (Å²) < 4.78 is 40.8. The number of nitrogens with one attached hydrogen (secondary N) is 1. The highest BCUT2D eigenvalue weighted by Gasteiger charge is 2.53. The van der Waals surface area contributed by atoms with Crippen LogP contribution < -0.4 is 5.32 Å². The number of amides is 2. The molecule has 3 rings (SSSR count). The molecule has 26 heavy (non-hydrogen) atoms. The molecule has 2 atom stereocenters. The average Bonchev–Trinajstić information content (AvgIpc) is 3.18. The van der Waals surface area contributed by atoms with Gasteiger partial charge in [0.2, 0.25) is 0 Å². The van der Waals surface area contributed by atoms with Crippen LogP contribution in [0.4, 0.5) is 23.7 Å². The van der Waals surface area contributed by atoms with Gasteiger partial charge < -0.3 is 15.3 Å². The van der Waals surface area contributed by atoms with Crippen molar-refractivity contribution >= 4 is 28.6 Å². The minimum atomic E-state index is -4.68. The Hall–Kier alpha value is -2.78. The molecular weight excluding hydrogens is 353 g/mol. The number of rotatable bonds is 3. The van der Waals surface area contributed by atoms with E-state index in [0.29, 0.717) is 12.2 Å². The van der Waals surface area contributed by atoms with E-state index in [0.717, 1.165) is 15.8 Å². The van der Waals surface area contributed by atoms with E-state index in [1.165, 1.54) is 0 Å². The second kappa shape index (κ2) is 6.50. The molecule has 1 fully saturated rings. The van der Waals surface area contributed by atoms with Gasteiger partial charge in [-0.2, -0.15) is 18.3 Å². The summed E-state index contributed by atoms with van der Waals surface area (Å²) >= 11 is 0. The van der Waals surface area contributed by atoms with E-state index >= 15 is 0 Å². The topological polar surface area (TPSA) is 87.5 Å². The van der Waals surface area contributed by atoms with Crippen LogP contribution >= 0.6 is 0 Å². The molecule has 7 nitrogen and oxygen atoms in total. The van der Waals surface area contributed by atoms with Crippen molar-refractivity contribution in [3.05, 3.63) is 24.4 Å². The number of benzene rings is 1. The van der Waals surface area contributed by atoms with Crippen molar-refractivity contribution in [3.63, 3.8) is 0 Å². The lowest BCUT2D eigenvalue weighted by Gasteiger charge is -2.18. The lowest BCUT2D eigenvalue weighted by atomic mass is 9.96. The number of hydrogen-bond acceptors (Lipinski definition) is 3. The van der Waals surface area contributed by atoms with E-state index in [9.17, 15) is 22.8 Å². The number of carboxylic acids is 1. The summed E-state index contributed by atoms with van der Waals surface area (Å²) in [6, 6.07) is 4.28. The molecule has 2 aromatic rings. The van der Waals surface area contributed by atoms with Crippen LogP contribution in [0, 0.1) is 11.8 Å². The number of carbonyl (C=O) groups is 2. The van der Waals surface area contributed by atoms with Crippen LogP contribution in [-0.4, -0.2) is 51.1 Å². The fourth-order valence-corrected chi connectivity index (χ4v) is 3.15. The number of carbonyl (C=O) groups excluding carboxylic acids is 1. The SMILES string of the molecule is CCn1ncc2ccc(NC(=O)N3C[C@@H](C(F)(F)F)[C@H](C(=O)O)C3)cc21. The lowest BCUT2D eigenvalue weighted by molar-refractivity contribution is -0.187. The van der Waals surface area contributed by atoms with Crippen molar-refractivity contribution in [3.8, 4) is 0 Å². The molecule has 1 aromatic carbocycles. The van der Waals surface area contributed by atoms with Crippen molar-refractivity contribution in [1.29, 1.82) is 0 Å². The maximum Gasteiger partial charge on any atom is 0.394 e. The number of aryl methyl sites for hydroxylation is 1. The number of hydrogen-bond donors (Lipinski definition) is 2. The molecule has 2 heterocycles. The van der Waals surface area contributed by atoms with E-state index in [2.05, 4.69) is 10.4 Å². The Morgan fingerprint density at radius 3 is 2.65 bits per heavy atom. The van der Waals surface area contributed by atoms with Gasteiger partial charge in [-0.1, -0.05) is 0 Å². The first-order valence-corrected chi connectivity index (χ1v) is 8.01. The first-order chi connectivity index (χ1) is 12.2. The number of anilines is 1. The molecule has 1 aliphatic heterocycles. The van der Waals surface area contributed by atoms with Gasteiger partial charge in [0.25, 0.3) is 0 Å². The third-order valence-electron chi connectivity index (χ3n) is 4.54. The molecule has 0 radical (unpaired) electrons. The molecular formula is C16H17F3N4O3. The van der Waals surface area contributed by atoms with Crippen LogP contribution in [0.25, 0.3) is 10.9 Å². The summed E-state index contributed by atoms with van der Waals surface area (Å²) in [5.74, 6) is -5.30. The van der Waals surface area contributed by atoms with Crippen molar-refractivity contribution in [2.75, 3.05) is 18.4 Å². The van der Waals surface area contributed by atoms with Gasteiger partial charge in [-0.15, -0.1) is 0 Å². The molecule has 1 aliphatic rings. The zero-order valence-electron chi connectivity index (χ0n) is 13.8. The lowest BCUT2D eigenvalue weighted by Crippen LogP contribution is -2.35. The van der Waals surface area contributed by atoms with Gasteiger partial charge in [0.1, 0.15) is 0 Å². The van der Waals surface area contributed by atoms with Gasteiger partial charge >= 0.3 is 18.2 Å². The first-order valence-electron chi connectivity index (χ1n) is 8.01. The predicted octanol–water partition coefficient (Wildman–Crippen LogP) is 2.78. The number of alkyl halides is 3. The van der Waals surface area contributed by atoms with E-state index in [1.54, 1.807) is 29.1 Å². The number of halogens is 3. The van der Waals surface area contributed by atoms with E-state index in [4.69, 9.17) is 5.11 Å². The molecule has 2 amide bonds. The molecule has 10 heteroatoms. The number of carboxylic acid groups (broad SMARTS) is 1. The molecule has 1 aromatic heterocycles. The van der Waals surface area contributed by atoms with Crippen molar-refractivity contribution < 1.29 is 27.9 Å². The second-order valence-corrected chi connectivity index (χ2v) is 6.16. The number of urea groups is 1. The van der Waals surface area contributed by atoms with E-state index < -0.39 is 43.1 Å². The summed E-state index contributed by atoms with van der Waals surface area (Å²) in [5.41, 5.74) is 1.18. The number of aromatic nitrogens is 2. The third kappa shape index (κ3) is 3.31. The zero-order chi connectivity index (χ0) is 19.1. The Bertz CT molecular complexity index is 849. The van der Waals surface area contributed by atoms with Crippen LogP contribution in [0.5, 0.6) is 0 Å². The fraction of sp³-hybridized carbons (Fsp3) is 0.438. The first kappa shape index (κ1) is 18.0. The molecule has 0 saturated carbocycles. The van der Waals surface area contributed by atoms with Gasteiger partial charge in [0.05, 0.1) is 23.5 Å². The summed E-state index contributed by atoms with van der Waals surface area (Å²) in [6.45, 7) is 1.37. The highest BCUT2D eigenvalue weighted by atomic mass is 19.4. The van der Waals surface area contributed by atoms with Gasteiger partial charge in [-0.25, -0.2) is 4.79 Å². The van der Waals surface area contributed by atoms with Crippen molar-refractivity contribution in [1.82, 2.24) is 14.7 Å². The maximum atomic E-state index is 13.0. The second-order valence-electron chi connectivity index (χ2n) is 6.16. The van der Waals surface area contributed by atoms with Crippen LogP contribution in [-0.2, 0) is 11.3 Å². The number of nitrogens with zero attached hydrogens (tertiary/aromatic N) is 3. The average molecular weight is 370 g/mol. The quantitative estimate of drug-likeness (QED) is 0.870. The Kier molecular flexibility index (Phi) is 4.51. The summed E-state index contributed by atoms with van der Waals surface area (Å²) in [5, 5.41) is 16.6. The molecule has 0 aliphatic carbocycles. The highest BCUT2D eigenvalue weighted by Crippen LogP contribution is 2.38. The Labute approximate surface area is 146 Å². The molecule has 140 valence electrons. The third-order valence-corrected chi connectivity index (χ3v) is 4.54. The number of aliphatic carboxylic acids is 1. The summed E-state index contributed by atoms with van der Waals surface area (Å²) in [4.78, 5) is 24.3. The summed E-state index contributed by atoms with van der Waals surface area (Å²) in [6.07, 6.45) is -3.00. The largest absolute Gasteiger partial charge is 0.481 e. The minimum Gasteiger partial charge on any atom is -0.481 e. The van der Waals surface area contributed by atoms with Gasteiger partial charge in [-0.05, 0) is 25.1 Å². The zero-order valence-corrected chi connectivity index (χ0v) is 13.8. The van der Waals surface area contributed by atoms with Crippen LogP contribution in [0.2, 0.25) is 0 Å². The normalized spacial score (nSPS) is 20.5. The van der Waals surface area contributed by atoms with Crippen molar-refractivity contribution in [2.24, 2.45) is 11.8 Å². The van der Waals surface area contributed by atoms with Crippen LogP contribution in [0.3, 0.4) is 0 Å². The number of likely N-dealkylation sites (tertiary alicyclic amines) is 1. The fourth-order valence-electron chi connectivity index (χ4n) is 3.15. The minimum absolute atomic E-state index is 0.403. The van der Waals surface area contributed by atoms with E-state index in [-0.39, 0.29) is 0 Å². The molecule has 1 saturated heterocycles.